The van der Waals surface area contributed by atoms with Crippen LogP contribution >= 0.6 is 0 Å². The molecule has 1 heterocycles. The molecule has 3 rings (SSSR count). The number of allylic oxidation sites excluding steroid dienone is 2. The van der Waals surface area contributed by atoms with Crippen LogP contribution in [0.2, 0.25) is 0 Å². The number of ether oxygens (including phenoxy) is 1. The van der Waals surface area contributed by atoms with E-state index >= 15 is 0 Å². The van der Waals surface area contributed by atoms with Gasteiger partial charge in [-0.2, -0.15) is 0 Å². The Balaban J connectivity index is 1.57. The Kier molecular flexibility index (Phi) is 5.83. The summed E-state index contributed by atoms with van der Waals surface area (Å²) >= 11 is 0. The van der Waals surface area contributed by atoms with Crippen molar-refractivity contribution in [3.05, 3.63) is 42.0 Å². The highest BCUT2D eigenvalue weighted by molar-refractivity contribution is 5.95. The Bertz CT molecular complexity index is 635. The lowest BCUT2D eigenvalue weighted by Gasteiger charge is -2.26. The van der Waals surface area contributed by atoms with E-state index in [9.17, 15) is 14.7 Å². The smallest absolute Gasteiger partial charge is 0.307 e. The van der Waals surface area contributed by atoms with Gasteiger partial charge in [-0.1, -0.05) is 24.3 Å². The molecule has 0 saturated carbocycles. The molecule has 0 bridgehead atoms. The summed E-state index contributed by atoms with van der Waals surface area (Å²) in [5.41, 5.74) is 1.89. The molecule has 25 heavy (non-hydrogen) atoms. The van der Waals surface area contributed by atoms with Crippen molar-refractivity contribution in [1.29, 1.82) is 0 Å². The molecule has 2 aliphatic rings. The van der Waals surface area contributed by atoms with E-state index in [4.69, 9.17) is 4.74 Å². The number of carbonyl (C=O) groups excluding carboxylic acids is 1. The quantitative estimate of drug-likeness (QED) is 0.800. The Morgan fingerprint density at radius 3 is 2.36 bits per heavy atom. The second-order valence-electron chi connectivity index (χ2n) is 6.57. The van der Waals surface area contributed by atoms with Crippen LogP contribution in [0, 0.1) is 11.8 Å². The molecule has 1 saturated heterocycles. The molecule has 1 aromatic carbocycles. The molecule has 1 aliphatic carbocycles. The number of morpholine rings is 1. The second kappa shape index (κ2) is 8.27. The van der Waals surface area contributed by atoms with E-state index in [0.29, 0.717) is 18.5 Å². The first kappa shape index (κ1) is 17.6. The maximum atomic E-state index is 12.5. The molecule has 6 heteroatoms. The number of hydrogen-bond donors (Lipinski definition) is 2. The fraction of sp³-hybridized carbons (Fsp3) is 0.474. The largest absolute Gasteiger partial charge is 0.481 e. The van der Waals surface area contributed by atoms with Gasteiger partial charge in [-0.05, 0) is 30.5 Å². The summed E-state index contributed by atoms with van der Waals surface area (Å²) in [5.74, 6) is -2.30. The van der Waals surface area contributed by atoms with Gasteiger partial charge in [-0.25, -0.2) is 0 Å². The first-order valence-electron chi connectivity index (χ1n) is 8.71. The molecule has 0 radical (unpaired) electrons. The number of nitrogens with one attached hydrogen (secondary N) is 1. The zero-order chi connectivity index (χ0) is 17.6. The van der Waals surface area contributed by atoms with Crippen molar-refractivity contribution in [3.63, 3.8) is 0 Å². The average Bonchev–Trinajstić information content (AvgIpc) is 2.64. The number of carboxylic acid groups (broad SMARTS) is 1. The predicted molar refractivity (Wildman–Crippen MR) is 94.2 cm³/mol. The lowest BCUT2D eigenvalue weighted by molar-refractivity contribution is -0.146. The molecule has 134 valence electrons. The van der Waals surface area contributed by atoms with Crippen molar-refractivity contribution in [2.24, 2.45) is 11.8 Å². The maximum absolute atomic E-state index is 12.5. The first-order chi connectivity index (χ1) is 12.1. The number of amides is 1. The Hall–Kier alpha value is -2.18. The lowest BCUT2D eigenvalue weighted by atomic mass is 9.82. The highest BCUT2D eigenvalue weighted by atomic mass is 16.5. The third-order valence-corrected chi connectivity index (χ3v) is 4.82. The van der Waals surface area contributed by atoms with Crippen molar-refractivity contribution in [2.75, 3.05) is 31.6 Å². The summed E-state index contributed by atoms with van der Waals surface area (Å²) in [7, 11) is 0. The van der Waals surface area contributed by atoms with Gasteiger partial charge in [0.25, 0.3) is 0 Å². The molecule has 0 spiro atoms. The van der Waals surface area contributed by atoms with E-state index in [-0.39, 0.29) is 5.91 Å². The second-order valence-corrected chi connectivity index (χ2v) is 6.57. The van der Waals surface area contributed by atoms with Crippen LogP contribution in [0.1, 0.15) is 18.4 Å². The molecular weight excluding hydrogens is 320 g/mol. The zero-order valence-corrected chi connectivity index (χ0v) is 14.2. The van der Waals surface area contributed by atoms with E-state index in [0.717, 1.165) is 32.8 Å². The third kappa shape index (κ3) is 4.67. The standard InChI is InChI=1S/C19H24N2O4/c22-18(16-3-1-2-4-17(16)19(23)24)20-15-7-5-14(6-8-15)13-21-9-11-25-12-10-21/h1-2,5-8,16-17H,3-4,9-13H2,(H,20,22)(H,23,24). The number of aliphatic carboxylic acids is 1. The van der Waals surface area contributed by atoms with Gasteiger partial charge < -0.3 is 15.2 Å². The van der Waals surface area contributed by atoms with Gasteiger partial charge in [0.15, 0.2) is 0 Å². The van der Waals surface area contributed by atoms with Gasteiger partial charge in [0, 0.05) is 25.3 Å². The fourth-order valence-electron chi connectivity index (χ4n) is 3.32. The molecule has 6 nitrogen and oxygen atoms in total. The van der Waals surface area contributed by atoms with Gasteiger partial charge in [0.05, 0.1) is 25.0 Å². The minimum Gasteiger partial charge on any atom is -0.481 e. The predicted octanol–water partition coefficient (Wildman–Crippen LogP) is 2.12. The molecule has 1 amide bonds. The summed E-state index contributed by atoms with van der Waals surface area (Å²) in [6.07, 6.45) is 4.60. The number of nitrogens with zero attached hydrogens (tertiary/aromatic N) is 1. The molecule has 1 aromatic rings. The number of anilines is 1. The van der Waals surface area contributed by atoms with E-state index in [1.54, 1.807) is 0 Å². The molecule has 2 atom stereocenters. The van der Waals surface area contributed by atoms with Crippen molar-refractivity contribution in [1.82, 2.24) is 4.90 Å². The Labute approximate surface area is 147 Å². The van der Waals surface area contributed by atoms with Crippen molar-refractivity contribution >= 4 is 17.6 Å². The number of rotatable bonds is 5. The van der Waals surface area contributed by atoms with Crippen LogP contribution in [0.3, 0.4) is 0 Å². The fourth-order valence-corrected chi connectivity index (χ4v) is 3.32. The highest BCUT2D eigenvalue weighted by Gasteiger charge is 2.33. The van der Waals surface area contributed by atoms with Crippen molar-refractivity contribution in [3.8, 4) is 0 Å². The lowest BCUT2D eigenvalue weighted by Crippen LogP contribution is -2.35. The van der Waals surface area contributed by atoms with E-state index in [1.807, 2.05) is 36.4 Å². The summed E-state index contributed by atoms with van der Waals surface area (Å²) in [4.78, 5) is 26.1. The average molecular weight is 344 g/mol. The Morgan fingerprint density at radius 1 is 1.08 bits per heavy atom. The van der Waals surface area contributed by atoms with Crippen LogP contribution in [-0.4, -0.2) is 48.2 Å². The number of carboxylic acids is 1. The molecule has 2 N–H and O–H groups in total. The summed E-state index contributed by atoms with van der Waals surface area (Å²) in [5, 5.41) is 12.1. The summed E-state index contributed by atoms with van der Waals surface area (Å²) < 4.78 is 5.35. The molecule has 2 unspecified atom stereocenters. The van der Waals surface area contributed by atoms with E-state index in [1.165, 1.54) is 5.56 Å². The van der Waals surface area contributed by atoms with E-state index < -0.39 is 17.8 Å². The number of benzene rings is 1. The molecule has 1 aliphatic heterocycles. The van der Waals surface area contributed by atoms with Crippen LogP contribution < -0.4 is 5.32 Å². The van der Waals surface area contributed by atoms with Crippen LogP contribution in [-0.2, 0) is 20.9 Å². The SMILES string of the molecule is O=C(O)C1CC=CCC1C(=O)Nc1ccc(CN2CCOCC2)cc1. The summed E-state index contributed by atoms with van der Waals surface area (Å²) in [6.45, 7) is 4.28. The third-order valence-electron chi connectivity index (χ3n) is 4.82. The number of hydrogen-bond acceptors (Lipinski definition) is 4. The van der Waals surface area contributed by atoms with Gasteiger partial charge >= 0.3 is 5.97 Å². The molecular formula is C19H24N2O4. The monoisotopic (exact) mass is 344 g/mol. The van der Waals surface area contributed by atoms with E-state index in [2.05, 4.69) is 10.2 Å². The van der Waals surface area contributed by atoms with Crippen molar-refractivity contribution < 1.29 is 19.4 Å². The first-order valence-corrected chi connectivity index (χ1v) is 8.71. The van der Waals surface area contributed by atoms with Crippen LogP contribution in [0.4, 0.5) is 5.69 Å². The van der Waals surface area contributed by atoms with Gasteiger partial charge in [-0.3, -0.25) is 14.5 Å². The minimum absolute atomic E-state index is 0.224. The maximum Gasteiger partial charge on any atom is 0.307 e. The van der Waals surface area contributed by atoms with Crippen LogP contribution in [0.25, 0.3) is 0 Å². The minimum atomic E-state index is -0.912. The zero-order valence-electron chi connectivity index (χ0n) is 14.2. The molecule has 0 aromatic heterocycles. The Morgan fingerprint density at radius 2 is 1.72 bits per heavy atom. The summed E-state index contributed by atoms with van der Waals surface area (Å²) in [6, 6.07) is 7.76. The molecule has 1 fully saturated rings. The van der Waals surface area contributed by atoms with Crippen LogP contribution in [0.15, 0.2) is 36.4 Å². The van der Waals surface area contributed by atoms with Gasteiger partial charge in [0.1, 0.15) is 0 Å². The topological polar surface area (TPSA) is 78.9 Å². The van der Waals surface area contributed by atoms with Gasteiger partial charge in [0.2, 0.25) is 5.91 Å². The van der Waals surface area contributed by atoms with Gasteiger partial charge in [-0.15, -0.1) is 0 Å². The van der Waals surface area contributed by atoms with Crippen molar-refractivity contribution in [2.45, 2.75) is 19.4 Å². The van der Waals surface area contributed by atoms with Crippen LogP contribution in [0.5, 0.6) is 0 Å². The highest BCUT2D eigenvalue weighted by Crippen LogP contribution is 2.27. The normalized spacial score (nSPS) is 24.0. The number of carbonyl (C=O) groups is 2.